The van der Waals surface area contributed by atoms with Crippen LogP contribution >= 0.6 is 0 Å². The maximum atomic E-state index is 5.64. The molecule has 1 saturated carbocycles. The molecule has 1 aromatic rings. The Balaban J connectivity index is 1.73. The minimum Gasteiger partial charge on any atom is -0.493 e. The van der Waals surface area contributed by atoms with Crippen LogP contribution in [0.1, 0.15) is 30.9 Å². The first kappa shape index (κ1) is 9.22. The van der Waals surface area contributed by atoms with Crippen molar-refractivity contribution in [2.75, 3.05) is 13.2 Å². The molecule has 0 bridgehead atoms. The summed E-state index contributed by atoms with van der Waals surface area (Å²) < 4.78 is 5.64. The molecule has 1 atom stereocenters. The highest BCUT2D eigenvalue weighted by atomic mass is 16.5. The van der Waals surface area contributed by atoms with Crippen molar-refractivity contribution in [2.45, 2.75) is 25.3 Å². The minimum atomic E-state index is 0.510. The van der Waals surface area contributed by atoms with Gasteiger partial charge in [0.2, 0.25) is 0 Å². The Morgan fingerprint density at radius 1 is 1.20 bits per heavy atom. The number of fused-ring (bicyclic) bond motifs is 1. The topological polar surface area (TPSA) is 21.3 Å². The molecule has 1 fully saturated rings. The van der Waals surface area contributed by atoms with E-state index in [1.54, 1.807) is 0 Å². The molecule has 80 valence electrons. The summed E-state index contributed by atoms with van der Waals surface area (Å²) in [5.41, 5.74) is 1.34. The summed E-state index contributed by atoms with van der Waals surface area (Å²) >= 11 is 0. The van der Waals surface area contributed by atoms with Crippen LogP contribution in [0.4, 0.5) is 0 Å². The lowest BCUT2D eigenvalue weighted by molar-refractivity contribution is 0.252. The molecule has 1 aromatic carbocycles. The van der Waals surface area contributed by atoms with E-state index in [0.717, 1.165) is 24.7 Å². The van der Waals surface area contributed by atoms with Gasteiger partial charge in [0.05, 0.1) is 6.61 Å². The highest BCUT2D eigenvalue weighted by molar-refractivity contribution is 5.37. The van der Waals surface area contributed by atoms with Crippen molar-refractivity contribution in [2.24, 2.45) is 5.92 Å². The Labute approximate surface area is 90.6 Å². The van der Waals surface area contributed by atoms with E-state index in [9.17, 15) is 0 Å². The van der Waals surface area contributed by atoms with Gasteiger partial charge in [0.25, 0.3) is 0 Å². The third-order valence-corrected chi connectivity index (χ3v) is 3.31. The van der Waals surface area contributed by atoms with Crippen LogP contribution in [-0.4, -0.2) is 13.2 Å². The zero-order valence-corrected chi connectivity index (χ0v) is 8.91. The lowest BCUT2D eigenvalue weighted by Gasteiger charge is -2.26. The first-order valence-corrected chi connectivity index (χ1v) is 5.88. The second-order valence-electron chi connectivity index (χ2n) is 4.58. The lowest BCUT2D eigenvalue weighted by Crippen LogP contribution is -2.28. The summed E-state index contributed by atoms with van der Waals surface area (Å²) in [6.07, 6.45) is 3.93. The molecule has 1 aliphatic heterocycles. The monoisotopic (exact) mass is 203 g/mol. The van der Waals surface area contributed by atoms with Gasteiger partial charge in [-0.1, -0.05) is 18.2 Å². The number of hydrogen-bond donors (Lipinski definition) is 1. The highest BCUT2D eigenvalue weighted by Gasteiger charge is 2.25. The smallest absolute Gasteiger partial charge is 0.124 e. The maximum Gasteiger partial charge on any atom is 0.124 e. The second kappa shape index (κ2) is 3.86. The average molecular weight is 203 g/mol. The molecule has 1 aliphatic carbocycles. The van der Waals surface area contributed by atoms with E-state index in [2.05, 4.69) is 23.5 Å². The van der Waals surface area contributed by atoms with Crippen LogP contribution in [-0.2, 0) is 0 Å². The fraction of sp³-hybridized carbons (Fsp3) is 0.538. The van der Waals surface area contributed by atoms with Gasteiger partial charge >= 0.3 is 0 Å². The van der Waals surface area contributed by atoms with Gasteiger partial charge in [-0.2, -0.15) is 0 Å². The van der Waals surface area contributed by atoms with Gasteiger partial charge in [-0.25, -0.2) is 0 Å². The number of hydrogen-bond acceptors (Lipinski definition) is 2. The van der Waals surface area contributed by atoms with Crippen LogP contribution < -0.4 is 10.1 Å². The quantitative estimate of drug-likeness (QED) is 0.815. The summed E-state index contributed by atoms with van der Waals surface area (Å²) in [5, 5.41) is 3.66. The zero-order chi connectivity index (χ0) is 10.1. The fourth-order valence-corrected chi connectivity index (χ4v) is 2.19. The van der Waals surface area contributed by atoms with E-state index in [1.807, 2.05) is 6.07 Å². The van der Waals surface area contributed by atoms with E-state index in [0.29, 0.717) is 6.04 Å². The fourth-order valence-electron chi connectivity index (χ4n) is 2.19. The second-order valence-corrected chi connectivity index (χ2v) is 4.58. The third-order valence-electron chi connectivity index (χ3n) is 3.31. The van der Waals surface area contributed by atoms with Crippen LogP contribution in [0.15, 0.2) is 24.3 Å². The van der Waals surface area contributed by atoms with Crippen LogP contribution in [0, 0.1) is 5.92 Å². The summed E-state index contributed by atoms with van der Waals surface area (Å²) in [4.78, 5) is 0. The molecule has 0 saturated heterocycles. The normalized spacial score (nSPS) is 24.4. The van der Waals surface area contributed by atoms with Crippen molar-refractivity contribution in [1.29, 1.82) is 0 Å². The molecule has 2 nitrogen and oxygen atoms in total. The van der Waals surface area contributed by atoms with Gasteiger partial charge in [0.15, 0.2) is 0 Å². The Kier molecular flexibility index (Phi) is 2.37. The van der Waals surface area contributed by atoms with Crippen molar-refractivity contribution in [3.8, 4) is 5.75 Å². The van der Waals surface area contributed by atoms with Gasteiger partial charge in [0, 0.05) is 18.0 Å². The van der Waals surface area contributed by atoms with Gasteiger partial charge in [0.1, 0.15) is 5.75 Å². The Morgan fingerprint density at radius 2 is 2.07 bits per heavy atom. The molecule has 3 rings (SSSR count). The molecule has 1 heterocycles. The van der Waals surface area contributed by atoms with Gasteiger partial charge in [-0.3, -0.25) is 0 Å². The predicted molar refractivity (Wildman–Crippen MR) is 60.0 cm³/mol. The van der Waals surface area contributed by atoms with E-state index < -0.39 is 0 Å². The minimum absolute atomic E-state index is 0.510. The molecule has 1 unspecified atom stereocenters. The zero-order valence-electron chi connectivity index (χ0n) is 8.91. The first-order chi connectivity index (χ1) is 7.43. The largest absolute Gasteiger partial charge is 0.493 e. The molecule has 0 aromatic heterocycles. The molecular weight excluding hydrogens is 186 g/mol. The van der Waals surface area contributed by atoms with Crippen molar-refractivity contribution >= 4 is 0 Å². The Bertz CT molecular complexity index is 346. The van der Waals surface area contributed by atoms with Crippen LogP contribution in [0.2, 0.25) is 0 Å². The predicted octanol–water partition coefficient (Wildman–Crippen LogP) is 2.51. The molecular formula is C13H17NO. The van der Waals surface area contributed by atoms with Crippen molar-refractivity contribution in [3.63, 3.8) is 0 Å². The molecule has 0 radical (unpaired) electrons. The number of nitrogens with one attached hydrogen (secondary N) is 1. The van der Waals surface area contributed by atoms with Crippen LogP contribution in [0.25, 0.3) is 0 Å². The van der Waals surface area contributed by atoms with Crippen molar-refractivity contribution < 1.29 is 4.74 Å². The molecule has 2 aliphatic rings. The van der Waals surface area contributed by atoms with Gasteiger partial charge < -0.3 is 10.1 Å². The number of ether oxygens (including phenoxy) is 1. The van der Waals surface area contributed by atoms with E-state index >= 15 is 0 Å². The summed E-state index contributed by atoms with van der Waals surface area (Å²) in [6, 6.07) is 8.90. The number of rotatable bonds is 3. The molecule has 2 heteroatoms. The summed E-state index contributed by atoms with van der Waals surface area (Å²) in [5.74, 6) is 2.01. The maximum absolute atomic E-state index is 5.64. The molecule has 15 heavy (non-hydrogen) atoms. The van der Waals surface area contributed by atoms with Gasteiger partial charge in [-0.15, -0.1) is 0 Å². The van der Waals surface area contributed by atoms with Crippen LogP contribution in [0.3, 0.4) is 0 Å². The number of para-hydroxylation sites is 1. The average Bonchev–Trinajstić information content (AvgIpc) is 3.10. The standard InChI is InChI=1S/C13H17NO/c1-2-4-13-11(3-1)12(7-8-15-13)14-9-10-5-6-10/h1-4,10,12,14H,5-9H2. The third kappa shape index (κ3) is 2.00. The van der Waals surface area contributed by atoms with Crippen molar-refractivity contribution in [1.82, 2.24) is 5.32 Å². The SMILES string of the molecule is c1ccc2c(c1)OCCC2NCC1CC1. The first-order valence-electron chi connectivity index (χ1n) is 5.88. The van der Waals surface area contributed by atoms with Gasteiger partial charge in [-0.05, 0) is 31.4 Å². The number of benzene rings is 1. The van der Waals surface area contributed by atoms with E-state index in [1.165, 1.54) is 24.9 Å². The van der Waals surface area contributed by atoms with E-state index in [4.69, 9.17) is 4.74 Å². The lowest BCUT2D eigenvalue weighted by atomic mass is 10.0. The van der Waals surface area contributed by atoms with E-state index in [-0.39, 0.29) is 0 Å². The molecule has 0 amide bonds. The molecule has 1 N–H and O–H groups in total. The summed E-state index contributed by atoms with van der Waals surface area (Å²) in [6.45, 7) is 2.03. The molecule has 0 spiro atoms. The highest BCUT2D eigenvalue weighted by Crippen LogP contribution is 2.33. The van der Waals surface area contributed by atoms with Crippen molar-refractivity contribution in [3.05, 3.63) is 29.8 Å². The Morgan fingerprint density at radius 3 is 2.93 bits per heavy atom. The Hall–Kier alpha value is -1.02. The van der Waals surface area contributed by atoms with Crippen LogP contribution in [0.5, 0.6) is 5.75 Å². The summed E-state index contributed by atoms with van der Waals surface area (Å²) in [7, 11) is 0.